The van der Waals surface area contributed by atoms with Crippen LogP contribution in [0.3, 0.4) is 0 Å². The van der Waals surface area contributed by atoms with Crippen molar-refractivity contribution in [3.63, 3.8) is 0 Å². The quantitative estimate of drug-likeness (QED) is 0.0907. The number of benzene rings is 2. The Balaban J connectivity index is 1.56. The predicted octanol–water partition coefficient (Wildman–Crippen LogP) is 10.9. The third-order valence-electron chi connectivity index (χ3n) is 10.5. The topological polar surface area (TPSA) is 105 Å². The van der Waals surface area contributed by atoms with Gasteiger partial charge in [0.05, 0.1) is 43.3 Å². The summed E-state index contributed by atoms with van der Waals surface area (Å²) in [4.78, 5) is 52.9. The molecule has 4 rings (SSSR count). The zero-order valence-corrected chi connectivity index (χ0v) is 31.9. The lowest BCUT2D eigenvalue weighted by molar-refractivity contribution is -0.156. The maximum absolute atomic E-state index is 13.3. The van der Waals surface area contributed by atoms with E-state index >= 15 is 0 Å². The first-order valence-corrected chi connectivity index (χ1v) is 17.7. The van der Waals surface area contributed by atoms with E-state index < -0.39 is 46.5 Å². The van der Waals surface area contributed by atoms with Gasteiger partial charge < -0.3 is 18.9 Å². The van der Waals surface area contributed by atoms with Crippen molar-refractivity contribution < 1.29 is 38.1 Å². The van der Waals surface area contributed by atoms with Crippen LogP contribution in [-0.4, -0.2) is 37.1 Å². The van der Waals surface area contributed by atoms with Crippen LogP contribution in [0.15, 0.2) is 12.1 Å². The van der Waals surface area contributed by atoms with Crippen molar-refractivity contribution >= 4 is 93.5 Å². The second-order valence-corrected chi connectivity index (χ2v) is 16.1. The summed E-state index contributed by atoms with van der Waals surface area (Å²) in [5.41, 5.74) is -1.58. The Morgan fingerprint density at radius 3 is 1.19 bits per heavy atom. The number of carbonyl (C=O) groups excluding carboxylic acids is 4. The van der Waals surface area contributed by atoms with E-state index in [0.717, 1.165) is 50.7 Å². The molecule has 2 aromatic carbocycles. The van der Waals surface area contributed by atoms with E-state index in [1.54, 1.807) is 0 Å². The molecule has 8 nitrogen and oxygen atoms in total. The molecule has 2 aliphatic carbocycles. The Hall–Kier alpha value is -1.94. The van der Waals surface area contributed by atoms with Crippen molar-refractivity contribution in [1.29, 1.82) is 0 Å². The summed E-state index contributed by atoms with van der Waals surface area (Å²) in [5.74, 6) is -6.36. The molecule has 0 atom stereocenters. The summed E-state index contributed by atoms with van der Waals surface area (Å²) < 4.78 is 21.7. The molecule has 2 aliphatic rings. The zero-order valence-electron chi connectivity index (χ0n) is 27.3. The number of esters is 4. The Bertz CT molecular complexity index is 1540. The van der Waals surface area contributed by atoms with E-state index in [2.05, 4.69) is 41.5 Å². The summed E-state index contributed by atoms with van der Waals surface area (Å²) in [5, 5.41) is -1.47. The highest BCUT2D eigenvalue weighted by Crippen LogP contribution is 2.61. The predicted molar refractivity (Wildman–Crippen MR) is 186 cm³/mol. The Labute approximate surface area is 309 Å². The summed E-state index contributed by atoms with van der Waals surface area (Å²) in [6, 6.07) is 2.27. The summed E-state index contributed by atoms with van der Waals surface area (Å²) in [6.45, 7) is 12.6. The second-order valence-electron chi connectivity index (χ2n) is 13.7. The fourth-order valence-corrected chi connectivity index (χ4v) is 7.07. The van der Waals surface area contributed by atoms with E-state index in [4.69, 9.17) is 88.6 Å². The fourth-order valence-electron chi connectivity index (χ4n) is 5.63. The van der Waals surface area contributed by atoms with Crippen molar-refractivity contribution in [2.24, 2.45) is 21.7 Å². The third-order valence-corrected chi connectivity index (χ3v) is 12.7. The van der Waals surface area contributed by atoms with Gasteiger partial charge in [0, 0.05) is 10.8 Å². The van der Waals surface area contributed by atoms with Crippen LogP contribution in [0.25, 0.3) is 0 Å². The molecule has 0 unspecified atom stereocenters. The summed E-state index contributed by atoms with van der Waals surface area (Å²) in [7, 11) is 0. The number of hydrogen-bond donors (Lipinski definition) is 0. The highest BCUT2D eigenvalue weighted by molar-refractivity contribution is 6.47. The molecule has 262 valence electrons. The molecule has 0 saturated heterocycles. The first kappa shape index (κ1) is 38.9. The molecule has 0 aromatic heterocycles. The van der Waals surface area contributed by atoms with E-state index in [1.807, 2.05) is 0 Å². The fraction of sp³-hybridized carbons (Fsp3) is 0.529. The molecule has 0 heterocycles. The van der Waals surface area contributed by atoms with Crippen molar-refractivity contribution in [2.45, 2.75) is 80.1 Å². The number of hydrogen-bond acceptors (Lipinski definition) is 8. The summed E-state index contributed by atoms with van der Waals surface area (Å²) in [6.07, 6.45) is 5.18. The molecule has 2 aromatic rings. The molecule has 0 spiro atoms. The van der Waals surface area contributed by atoms with Crippen LogP contribution in [0.5, 0.6) is 11.5 Å². The molecule has 0 amide bonds. The van der Waals surface area contributed by atoms with Crippen LogP contribution in [0.4, 0.5) is 0 Å². The van der Waals surface area contributed by atoms with Gasteiger partial charge in [-0.1, -0.05) is 124 Å². The third kappa shape index (κ3) is 7.54. The van der Waals surface area contributed by atoms with Gasteiger partial charge in [-0.2, -0.15) is 0 Å². The van der Waals surface area contributed by atoms with Gasteiger partial charge >= 0.3 is 23.9 Å². The van der Waals surface area contributed by atoms with Gasteiger partial charge in [-0.3, -0.25) is 0 Å². The minimum atomic E-state index is -1.64. The maximum Gasteiger partial charge on any atom is 0.423 e. The molecule has 0 radical (unpaired) electrons. The molecule has 0 aliphatic heterocycles. The van der Waals surface area contributed by atoms with Crippen molar-refractivity contribution in [3.8, 4) is 11.5 Å². The van der Waals surface area contributed by atoms with E-state index in [9.17, 15) is 19.2 Å². The van der Waals surface area contributed by atoms with E-state index in [1.165, 1.54) is 0 Å². The Morgan fingerprint density at radius 1 is 0.604 bits per heavy atom. The van der Waals surface area contributed by atoms with Crippen molar-refractivity contribution in [1.82, 2.24) is 0 Å². The van der Waals surface area contributed by atoms with Gasteiger partial charge in [-0.25, -0.2) is 19.2 Å². The van der Waals surface area contributed by atoms with Crippen LogP contribution in [0.2, 0.25) is 30.1 Å². The van der Waals surface area contributed by atoms with Gasteiger partial charge in [0.25, 0.3) is 0 Å². The lowest BCUT2D eigenvalue weighted by Gasteiger charge is -2.33. The van der Waals surface area contributed by atoms with Gasteiger partial charge in [0.2, 0.25) is 0 Å². The van der Waals surface area contributed by atoms with E-state index in [0.29, 0.717) is 0 Å². The van der Waals surface area contributed by atoms with Gasteiger partial charge in [-0.05, 0) is 48.6 Å². The smallest absolute Gasteiger partial charge is 0.423 e. The van der Waals surface area contributed by atoms with Gasteiger partial charge in [0.15, 0.2) is 11.5 Å². The second kappa shape index (κ2) is 14.4. The molecule has 14 heteroatoms. The number of carbonyl (C=O) groups is 4. The number of rotatable bonds is 12. The van der Waals surface area contributed by atoms with Gasteiger partial charge in [-0.15, -0.1) is 0 Å². The molecule has 0 bridgehead atoms. The lowest BCUT2D eigenvalue weighted by atomic mass is 9.74. The monoisotopic (exact) mass is 782 g/mol. The Morgan fingerprint density at radius 2 is 0.917 bits per heavy atom. The molecular weight excluding hydrogens is 749 g/mol. The molecule has 0 N–H and O–H groups in total. The molecular formula is C34H36Cl6O8. The van der Waals surface area contributed by atoms with Crippen LogP contribution < -0.4 is 9.47 Å². The minimum absolute atomic E-state index is 0.0777. The molecule has 2 saturated carbocycles. The average molecular weight is 785 g/mol. The Kier molecular flexibility index (Phi) is 11.6. The van der Waals surface area contributed by atoms with Crippen molar-refractivity contribution in [3.05, 3.63) is 53.4 Å². The van der Waals surface area contributed by atoms with Crippen LogP contribution in [0, 0.1) is 21.7 Å². The lowest BCUT2D eigenvalue weighted by Crippen LogP contribution is -2.31. The first-order valence-electron chi connectivity index (χ1n) is 15.4. The standard InChI is InChI=1S/C34H36Cl6O8/c1-7-31(3,4)33(9-10-33)15-45-27(41)21-23(39)17(35)13-19(37)25(21)47-29(43)30(44)48-26-20(38)14-18(36)24(40)22(26)28(42)46-16-34(11-12-34)32(5,6)8-2/h13-14H,7-12,15-16H2,1-6H3. The summed E-state index contributed by atoms with van der Waals surface area (Å²) >= 11 is 37.7. The zero-order chi connectivity index (χ0) is 36.0. The largest absolute Gasteiger partial charge is 0.461 e. The number of halogens is 6. The number of ether oxygens (including phenoxy) is 4. The molecule has 2 fully saturated rings. The average Bonchev–Trinajstić information content (AvgIpc) is 3.96. The molecule has 48 heavy (non-hydrogen) atoms. The maximum atomic E-state index is 13.3. The van der Waals surface area contributed by atoms with Crippen LogP contribution in [-0.2, 0) is 19.1 Å². The van der Waals surface area contributed by atoms with Crippen LogP contribution >= 0.6 is 69.6 Å². The van der Waals surface area contributed by atoms with Crippen molar-refractivity contribution in [2.75, 3.05) is 13.2 Å². The minimum Gasteiger partial charge on any atom is -0.461 e. The highest BCUT2D eigenvalue weighted by atomic mass is 35.5. The SMILES string of the molecule is CCC(C)(C)C1(COC(=O)c2c(Cl)c(Cl)cc(Cl)c2OC(=O)C(=O)Oc2c(Cl)cc(Cl)c(Cl)c2C(=O)OCC2(C(C)(C)CC)CC2)CC1. The van der Waals surface area contributed by atoms with Gasteiger partial charge in [0.1, 0.15) is 11.1 Å². The first-order chi connectivity index (χ1) is 22.3. The normalized spacial score (nSPS) is 16.2. The van der Waals surface area contributed by atoms with E-state index in [-0.39, 0.29) is 65.0 Å². The highest BCUT2D eigenvalue weighted by Gasteiger charge is 2.55. The van der Waals surface area contributed by atoms with Crippen LogP contribution in [0.1, 0.15) is 101 Å².